The van der Waals surface area contributed by atoms with E-state index in [0.717, 1.165) is 5.57 Å². The van der Waals surface area contributed by atoms with E-state index in [9.17, 15) is 4.53 Å². The van der Waals surface area contributed by atoms with E-state index in [1.807, 2.05) is 6.92 Å². The molecule has 0 saturated heterocycles. The summed E-state index contributed by atoms with van der Waals surface area (Å²) in [6.45, 7) is 8.92. The molecule has 0 aliphatic carbocycles. The van der Waals surface area contributed by atoms with E-state index < -0.39 is 0 Å². The van der Waals surface area contributed by atoms with Gasteiger partial charge in [-0.05, 0) is 17.0 Å². The third kappa shape index (κ3) is 5.25. The minimum absolute atomic E-state index is 0.0796. The Hall–Kier alpha value is -0.890. The SMILES string of the molecule is C=C(C)/C=C\C(=C)COF. The highest BCUT2D eigenvalue weighted by molar-refractivity contribution is 5.22. The van der Waals surface area contributed by atoms with E-state index >= 15 is 0 Å². The average Bonchev–Trinajstić information content (AvgIpc) is 1.85. The van der Waals surface area contributed by atoms with Crippen LogP contribution in [0.5, 0.6) is 0 Å². The molecule has 0 saturated carbocycles. The lowest BCUT2D eigenvalue weighted by Gasteiger charge is -1.91. The lowest BCUT2D eigenvalue weighted by atomic mass is 10.2. The van der Waals surface area contributed by atoms with Crippen molar-refractivity contribution in [3.05, 3.63) is 36.5 Å². The van der Waals surface area contributed by atoms with Crippen molar-refractivity contribution in [1.29, 1.82) is 0 Å². The van der Waals surface area contributed by atoms with Crippen LogP contribution in [0.3, 0.4) is 0 Å². The smallest absolute Gasteiger partial charge is 0.112 e. The second-order valence-electron chi connectivity index (χ2n) is 2.09. The van der Waals surface area contributed by atoms with Crippen molar-refractivity contribution >= 4 is 0 Å². The molecular formula is C8H11FO. The Balaban J connectivity index is 3.67. The van der Waals surface area contributed by atoms with Crippen LogP contribution in [0.1, 0.15) is 6.92 Å². The third-order valence-electron chi connectivity index (χ3n) is 0.844. The first-order chi connectivity index (χ1) is 4.66. The van der Waals surface area contributed by atoms with Gasteiger partial charge in [-0.1, -0.05) is 30.9 Å². The average molecular weight is 142 g/mol. The molecule has 1 nitrogen and oxygen atoms in total. The molecule has 0 bridgehead atoms. The lowest BCUT2D eigenvalue weighted by Crippen LogP contribution is -1.84. The lowest BCUT2D eigenvalue weighted by molar-refractivity contribution is -0.119. The number of hydrogen-bond acceptors (Lipinski definition) is 1. The quantitative estimate of drug-likeness (QED) is 0.548. The molecule has 10 heavy (non-hydrogen) atoms. The van der Waals surface area contributed by atoms with Gasteiger partial charge in [0.2, 0.25) is 0 Å². The minimum atomic E-state index is -0.0796. The topological polar surface area (TPSA) is 9.23 Å². The summed E-state index contributed by atoms with van der Waals surface area (Å²) >= 11 is 0. The Kier molecular flexibility index (Phi) is 4.50. The molecule has 56 valence electrons. The summed E-state index contributed by atoms with van der Waals surface area (Å²) in [6.07, 6.45) is 3.42. The molecule has 0 aromatic heterocycles. The van der Waals surface area contributed by atoms with E-state index in [1.165, 1.54) is 0 Å². The summed E-state index contributed by atoms with van der Waals surface area (Å²) in [5.74, 6) is 0. The Morgan fingerprint density at radius 1 is 1.50 bits per heavy atom. The van der Waals surface area contributed by atoms with Gasteiger partial charge in [0.1, 0.15) is 6.61 Å². The van der Waals surface area contributed by atoms with Crippen LogP contribution in [-0.2, 0) is 4.94 Å². The molecule has 0 aliphatic heterocycles. The van der Waals surface area contributed by atoms with Crippen molar-refractivity contribution in [3.63, 3.8) is 0 Å². The van der Waals surface area contributed by atoms with E-state index in [1.54, 1.807) is 12.2 Å². The molecule has 0 fully saturated rings. The summed E-state index contributed by atoms with van der Waals surface area (Å²) in [5, 5.41) is 0. The number of halogens is 1. The summed E-state index contributed by atoms with van der Waals surface area (Å²) in [5.41, 5.74) is 1.49. The Morgan fingerprint density at radius 2 is 2.10 bits per heavy atom. The van der Waals surface area contributed by atoms with Gasteiger partial charge in [0.25, 0.3) is 0 Å². The normalized spacial score (nSPS) is 10.2. The van der Waals surface area contributed by atoms with E-state index in [4.69, 9.17) is 0 Å². The molecule has 0 N–H and O–H groups in total. The van der Waals surface area contributed by atoms with Gasteiger partial charge in [-0.3, -0.25) is 0 Å². The van der Waals surface area contributed by atoms with Gasteiger partial charge in [-0.15, -0.1) is 0 Å². The second kappa shape index (κ2) is 4.94. The molecule has 0 heterocycles. The summed E-state index contributed by atoms with van der Waals surface area (Å²) < 4.78 is 11.2. The van der Waals surface area contributed by atoms with Crippen molar-refractivity contribution in [3.8, 4) is 0 Å². The maximum absolute atomic E-state index is 11.2. The number of rotatable bonds is 4. The largest absolute Gasteiger partial charge is 0.189 e. The third-order valence-corrected chi connectivity index (χ3v) is 0.844. The van der Waals surface area contributed by atoms with Crippen LogP contribution in [0.4, 0.5) is 4.53 Å². The highest BCUT2D eigenvalue weighted by atomic mass is 19.3. The molecule has 0 rings (SSSR count). The fourth-order valence-corrected chi connectivity index (χ4v) is 0.378. The highest BCUT2D eigenvalue weighted by Gasteiger charge is 1.86. The maximum atomic E-state index is 11.2. The first-order valence-corrected chi connectivity index (χ1v) is 2.91. The monoisotopic (exact) mass is 142 g/mol. The first-order valence-electron chi connectivity index (χ1n) is 2.91. The predicted octanol–water partition coefficient (Wildman–Crippen LogP) is 2.58. The number of hydrogen-bond donors (Lipinski definition) is 0. The zero-order valence-electron chi connectivity index (χ0n) is 6.06. The molecule has 0 aromatic rings. The van der Waals surface area contributed by atoms with E-state index in [0.29, 0.717) is 5.57 Å². The molecule has 0 amide bonds. The van der Waals surface area contributed by atoms with Crippen molar-refractivity contribution in [2.75, 3.05) is 6.61 Å². The fourth-order valence-electron chi connectivity index (χ4n) is 0.378. The van der Waals surface area contributed by atoms with Crippen LogP contribution in [0.2, 0.25) is 0 Å². The first kappa shape index (κ1) is 9.11. The van der Waals surface area contributed by atoms with Crippen LogP contribution in [0, 0.1) is 0 Å². The van der Waals surface area contributed by atoms with Crippen LogP contribution in [0.15, 0.2) is 36.5 Å². The van der Waals surface area contributed by atoms with Gasteiger partial charge in [0.05, 0.1) is 0 Å². The van der Waals surface area contributed by atoms with Gasteiger partial charge in [0.15, 0.2) is 0 Å². The van der Waals surface area contributed by atoms with Gasteiger partial charge in [-0.2, -0.15) is 4.94 Å². The Morgan fingerprint density at radius 3 is 2.50 bits per heavy atom. The van der Waals surface area contributed by atoms with E-state index in [2.05, 4.69) is 18.1 Å². The van der Waals surface area contributed by atoms with Crippen LogP contribution < -0.4 is 0 Å². The summed E-state index contributed by atoms with van der Waals surface area (Å²) in [6, 6.07) is 0. The van der Waals surface area contributed by atoms with Gasteiger partial charge in [-0.25, -0.2) is 0 Å². The zero-order valence-corrected chi connectivity index (χ0v) is 6.06. The molecule has 0 aliphatic rings. The molecule has 2 heteroatoms. The Bertz CT molecular complexity index is 159. The molecule has 0 aromatic carbocycles. The van der Waals surface area contributed by atoms with Crippen molar-refractivity contribution < 1.29 is 9.47 Å². The van der Waals surface area contributed by atoms with Crippen molar-refractivity contribution in [2.24, 2.45) is 0 Å². The molecule has 0 unspecified atom stereocenters. The van der Waals surface area contributed by atoms with Crippen LogP contribution in [0.25, 0.3) is 0 Å². The van der Waals surface area contributed by atoms with Crippen molar-refractivity contribution in [1.82, 2.24) is 0 Å². The molecule has 0 spiro atoms. The summed E-state index contributed by atoms with van der Waals surface area (Å²) in [7, 11) is 0. The molecule has 0 atom stereocenters. The fraction of sp³-hybridized carbons (Fsp3) is 0.250. The van der Waals surface area contributed by atoms with Gasteiger partial charge >= 0.3 is 0 Å². The highest BCUT2D eigenvalue weighted by Crippen LogP contribution is 1.97. The number of allylic oxidation sites excluding steroid dienone is 2. The zero-order chi connectivity index (χ0) is 7.98. The molecular weight excluding hydrogens is 131 g/mol. The van der Waals surface area contributed by atoms with Crippen LogP contribution in [-0.4, -0.2) is 6.61 Å². The predicted molar refractivity (Wildman–Crippen MR) is 40.2 cm³/mol. The van der Waals surface area contributed by atoms with Crippen LogP contribution >= 0.6 is 0 Å². The molecule has 0 radical (unpaired) electrons. The second-order valence-corrected chi connectivity index (χ2v) is 2.09. The standard InChI is InChI=1S/C8H11FO/c1-7(2)4-5-8(3)6-10-9/h4-5H,1,3,6H2,2H3/b5-4-. The Labute approximate surface area is 60.4 Å². The maximum Gasteiger partial charge on any atom is 0.112 e. The minimum Gasteiger partial charge on any atom is -0.189 e. The van der Waals surface area contributed by atoms with E-state index in [-0.39, 0.29) is 6.61 Å². The van der Waals surface area contributed by atoms with Crippen molar-refractivity contribution in [2.45, 2.75) is 6.92 Å². The van der Waals surface area contributed by atoms with Gasteiger partial charge in [0, 0.05) is 0 Å². The van der Waals surface area contributed by atoms with Gasteiger partial charge < -0.3 is 0 Å². The summed E-state index contributed by atoms with van der Waals surface area (Å²) in [4.78, 5) is 3.36.